The van der Waals surface area contributed by atoms with Gasteiger partial charge in [-0.2, -0.15) is 0 Å². The maximum atomic E-state index is 12.6. The average Bonchev–Trinajstić information content (AvgIpc) is 3.10. The fourth-order valence-corrected chi connectivity index (χ4v) is 6.26. The highest BCUT2D eigenvalue weighted by Crippen LogP contribution is 2.48. The quantitative estimate of drug-likeness (QED) is 0.589. The van der Waals surface area contributed by atoms with Gasteiger partial charge >= 0.3 is 5.97 Å². The fourth-order valence-electron chi connectivity index (χ4n) is 3.81. The van der Waals surface area contributed by atoms with Crippen LogP contribution in [0.5, 0.6) is 0 Å². The van der Waals surface area contributed by atoms with Crippen molar-refractivity contribution in [2.45, 2.75) is 42.4 Å². The van der Waals surface area contributed by atoms with Crippen LogP contribution in [0.25, 0.3) is 0 Å². The molecule has 3 heterocycles. The minimum atomic E-state index is -3.52. The summed E-state index contributed by atoms with van der Waals surface area (Å²) >= 11 is 3.33. The van der Waals surface area contributed by atoms with Crippen molar-refractivity contribution in [2.24, 2.45) is 0 Å². The molecule has 3 aliphatic heterocycles. The zero-order valence-electron chi connectivity index (χ0n) is 12.8. The molecule has 1 N–H and O–H groups in total. The van der Waals surface area contributed by atoms with Crippen molar-refractivity contribution in [1.82, 2.24) is 4.72 Å². The van der Waals surface area contributed by atoms with Gasteiger partial charge in [-0.3, -0.25) is 0 Å². The van der Waals surface area contributed by atoms with Crippen LogP contribution in [-0.4, -0.2) is 43.5 Å². The molecule has 1 aromatic carbocycles. The van der Waals surface area contributed by atoms with Gasteiger partial charge in [0.05, 0.1) is 17.7 Å². The molecular weight excluding hydrogens is 398 g/mol. The Kier molecular flexibility index (Phi) is 3.65. The lowest BCUT2D eigenvalue weighted by molar-refractivity contribution is -0.0846. The van der Waals surface area contributed by atoms with Crippen molar-refractivity contribution < 1.29 is 22.7 Å². The zero-order chi connectivity index (χ0) is 17.1. The van der Waals surface area contributed by atoms with Gasteiger partial charge < -0.3 is 9.47 Å². The lowest BCUT2D eigenvalue weighted by Gasteiger charge is -2.44. The Morgan fingerprint density at radius 3 is 2.88 bits per heavy atom. The van der Waals surface area contributed by atoms with Crippen LogP contribution in [0.4, 0.5) is 0 Å². The third-order valence-corrected chi connectivity index (χ3v) is 7.53. The maximum absolute atomic E-state index is 12.6. The van der Waals surface area contributed by atoms with Crippen LogP contribution in [-0.2, 0) is 19.5 Å². The van der Waals surface area contributed by atoms with E-state index >= 15 is 0 Å². The van der Waals surface area contributed by atoms with Crippen LogP contribution in [0, 0.1) is 0 Å². The van der Waals surface area contributed by atoms with Crippen molar-refractivity contribution in [3.05, 3.63) is 46.5 Å². The van der Waals surface area contributed by atoms with Crippen LogP contribution in [0.1, 0.15) is 23.7 Å². The normalized spacial score (nSPS) is 38.8. The number of fused-ring (bicyclic) bond motifs is 1. The Bertz CT molecular complexity index is 839. The third kappa shape index (κ3) is 2.28. The summed E-state index contributed by atoms with van der Waals surface area (Å²) in [4.78, 5) is 12.6. The molecule has 24 heavy (non-hydrogen) atoms. The van der Waals surface area contributed by atoms with Gasteiger partial charge in [0.2, 0.25) is 10.0 Å². The lowest BCUT2D eigenvalue weighted by Crippen LogP contribution is -2.67. The van der Waals surface area contributed by atoms with E-state index in [0.717, 1.165) is 0 Å². The number of rotatable bonds is 2. The molecule has 0 saturated carbocycles. The summed E-state index contributed by atoms with van der Waals surface area (Å²) in [5, 5.41) is -0.742. The fraction of sp³-hybridized carbons (Fsp3) is 0.438. The van der Waals surface area contributed by atoms with Crippen LogP contribution >= 0.6 is 15.9 Å². The number of nitrogens with one attached hydrogen (secondary N) is 1. The highest BCUT2D eigenvalue weighted by atomic mass is 79.9. The monoisotopic (exact) mass is 413 g/mol. The summed E-state index contributed by atoms with van der Waals surface area (Å²) in [6.07, 6.45) is 3.00. The summed E-state index contributed by atoms with van der Waals surface area (Å²) < 4.78 is 39.8. The predicted octanol–water partition coefficient (Wildman–Crippen LogP) is 1.76. The molecule has 0 unspecified atom stereocenters. The van der Waals surface area contributed by atoms with Gasteiger partial charge in [0, 0.05) is 4.47 Å². The molecular formula is C16H16BrNO5S. The molecule has 128 valence electrons. The molecule has 0 amide bonds. The number of carbonyl (C=O) groups excluding carboxylic acids is 1. The van der Waals surface area contributed by atoms with Crippen LogP contribution in [0.15, 0.2) is 40.9 Å². The first-order valence-electron chi connectivity index (χ1n) is 7.67. The SMILES string of the molecule is C[C@@H]1NS(=O)(=O)[C@H]2C[C@H]3C=C[C@]2(O3)[C@H]1OC(=O)c1ccccc1Br. The largest absolute Gasteiger partial charge is 0.454 e. The lowest BCUT2D eigenvalue weighted by atomic mass is 9.85. The van der Waals surface area contributed by atoms with Crippen LogP contribution in [0.2, 0.25) is 0 Å². The van der Waals surface area contributed by atoms with Crippen molar-refractivity contribution in [3.63, 3.8) is 0 Å². The standard InChI is InChI=1S/C16H16BrNO5S/c1-9-14(22-15(19)11-4-2-3-5-12(11)17)16-7-6-10(23-16)8-13(16)24(20,21)18-9/h2-7,9-10,13-14,18H,8H2,1H3/t9-,10+,13-,14-,16+/m0/s1. The van der Waals surface area contributed by atoms with Crippen LogP contribution < -0.4 is 4.72 Å². The number of ether oxygens (including phenoxy) is 2. The van der Waals surface area contributed by atoms with Gasteiger partial charge in [-0.15, -0.1) is 0 Å². The van der Waals surface area contributed by atoms with Gasteiger partial charge in [-0.05, 0) is 47.5 Å². The number of carbonyl (C=O) groups is 1. The van der Waals surface area contributed by atoms with Gasteiger partial charge in [0.15, 0.2) is 6.10 Å². The summed E-state index contributed by atoms with van der Waals surface area (Å²) in [6, 6.07) is 6.37. The molecule has 2 fully saturated rings. The van der Waals surface area contributed by atoms with Crippen molar-refractivity contribution in [3.8, 4) is 0 Å². The van der Waals surface area contributed by atoms with E-state index in [1.807, 2.05) is 6.08 Å². The van der Waals surface area contributed by atoms with E-state index in [0.29, 0.717) is 16.5 Å². The minimum absolute atomic E-state index is 0.249. The van der Waals surface area contributed by atoms with E-state index in [2.05, 4.69) is 20.7 Å². The molecule has 0 aliphatic carbocycles. The minimum Gasteiger partial charge on any atom is -0.454 e. The topological polar surface area (TPSA) is 81.7 Å². The first-order chi connectivity index (χ1) is 11.3. The molecule has 0 aromatic heterocycles. The number of sulfonamides is 1. The summed E-state index contributed by atoms with van der Waals surface area (Å²) in [5.74, 6) is -0.513. The molecule has 6 nitrogen and oxygen atoms in total. The number of halogens is 1. The van der Waals surface area contributed by atoms with E-state index in [-0.39, 0.29) is 6.10 Å². The molecule has 1 spiro atoms. The first-order valence-corrected chi connectivity index (χ1v) is 10.0. The Hall–Kier alpha value is -1.22. The number of benzene rings is 1. The number of hydrogen-bond acceptors (Lipinski definition) is 5. The first kappa shape index (κ1) is 16.3. The Morgan fingerprint density at radius 2 is 2.17 bits per heavy atom. The molecule has 8 heteroatoms. The zero-order valence-corrected chi connectivity index (χ0v) is 15.2. The molecule has 2 saturated heterocycles. The Balaban J connectivity index is 1.69. The second kappa shape index (κ2) is 5.39. The molecule has 1 aromatic rings. The highest BCUT2D eigenvalue weighted by Gasteiger charge is 2.65. The van der Waals surface area contributed by atoms with Crippen LogP contribution in [0.3, 0.4) is 0 Å². The van der Waals surface area contributed by atoms with Gasteiger partial charge in [-0.1, -0.05) is 18.2 Å². The van der Waals surface area contributed by atoms with E-state index < -0.39 is 39.0 Å². The van der Waals surface area contributed by atoms with Crippen molar-refractivity contribution >= 4 is 31.9 Å². The number of hydrogen-bond donors (Lipinski definition) is 1. The van der Waals surface area contributed by atoms with Gasteiger partial charge in [-0.25, -0.2) is 17.9 Å². The smallest absolute Gasteiger partial charge is 0.339 e. The molecule has 4 rings (SSSR count). The van der Waals surface area contributed by atoms with Crippen molar-refractivity contribution in [1.29, 1.82) is 0 Å². The van der Waals surface area contributed by atoms with Gasteiger partial charge in [0.25, 0.3) is 0 Å². The van der Waals surface area contributed by atoms with Crippen molar-refractivity contribution in [2.75, 3.05) is 0 Å². The maximum Gasteiger partial charge on any atom is 0.339 e. The molecule has 2 bridgehead atoms. The predicted molar refractivity (Wildman–Crippen MR) is 90.0 cm³/mol. The van der Waals surface area contributed by atoms with E-state index in [1.165, 1.54) is 0 Å². The third-order valence-electron chi connectivity index (χ3n) is 4.83. The Morgan fingerprint density at radius 1 is 1.42 bits per heavy atom. The highest BCUT2D eigenvalue weighted by molar-refractivity contribution is 9.10. The Labute approximate surface area is 148 Å². The van der Waals surface area contributed by atoms with E-state index in [1.54, 1.807) is 37.3 Å². The van der Waals surface area contributed by atoms with Gasteiger partial charge in [0.1, 0.15) is 10.9 Å². The average molecular weight is 414 g/mol. The molecule has 3 aliphatic rings. The molecule has 0 radical (unpaired) electrons. The van der Waals surface area contributed by atoms with E-state index in [4.69, 9.17) is 9.47 Å². The van der Waals surface area contributed by atoms with E-state index in [9.17, 15) is 13.2 Å². The second-order valence-electron chi connectivity index (χ2n) is 6.35. The summed E-state index contributed by atoms with van der Waals surface area (Å²) in [6.45, 7) is 1.68. The second-order valence-corrected chi connectivity index (χ2v) is 9.10. The summed E-state index contributed by atoms with van der Waals surface area (Å²) in [7, 11) is -3.52. The number of esters is 1. The summed E-state index contributed by atoms with van der Waals surface area (Å²) in [5.41, 5.74) is -0.715. The molecule has 5 atom stereocenters.